The van der Waals surface area contributed by atoms with Gasteiger partial charge in [-0.25, -0.2) is 4.79 Å². The molecule has 0 saturated heterocycles. The van der Waals surface area contributed by atoms with Crippen molar-refractivity contribution in [3.63, 3.8) is 0 Å². The van der Waals surface area contributed by atoms with E-state index in [1.807, 2.05) is 0 Å². The van der Waals surface area contributed by atoms with Crippen molar-refractivity contribution in [1.82, 2.24) is 9.55 Å². The minimum absolute atomic E-state index is 0.210. The van der Waals surface area contributed by atoms with Crippen LogP contribution in [0.3, 0.4) is 0 Å². The van der Waals surface area contributed by atoms with Crippen molar-refractivity contribution in [3.05, 3.63) is 26.9 Å². The highest BCUT2D eigenvalue weighted by molar-refractivity contribution is 5.13. The summed E-state index contributed by atoms with van der Waals surface area (Å²) >= 11 is 0. The van der Waals surface area contributed by atoms with Gasteiger partial charge in [-0.15, -0.1) is 0 Å². The Kier molecular flexibility index (Phi) is 2.12. The zero-order valence-corrected chi connectivity index (χ0v) is 8.94. The smallest absolute Gasteiger partial charge is 0.331 e. The quantitative estimate of drug-likeness (QED) is 0.701. The summed E-state index contributed by atoms with van der Waals surface area (Å²) in [6.07, 6.45) is 4.47. The molecule has 0 unspecified atom stereocenters. The van der Waals surface area contributed by atoms with E-state index in [0.29, 0.717) is 18.4 Å². The second-order valence-electron chi connectivity index (χ2n) is 4.57. The molecular weight excluding hydrogens is 208 g/mol. The van der Waals surface area contributed by atoms with Gasteiger partial charge in [0.25, 0.3) is 5.56 Å². The van der Waals surface area contributed by atoms with E-state index < -0.39 is 0 Å². The molecule has 1 aliphatic heterocycles. The first-order valence-electron chi connectivity index (χ1n) is 5.74. The highest BCUT2D eigenvalue weighted by atomic mass is 16.5. The van der Waals surface area contributed by atoms with Gasteiger partial charge in [0.1, 0.15) is 0 Å². The van der Waals surface area contributed by atoms with E-state index in [9.17, 15) is 9.59 Å². The number of fused-ring (bicyclic) bond motifs is 3. The minimum atomic E-state index is -0.384. The van der Waals surface area contributed by atoms with Crippen molar-refractivity contribution < 1.29 is 4.74 Å². The molecule has 1 fully saturated rings. The lowest BCUT2D eigenvalue weighted by Gasteiger charge is -2.37. The van der Waals surface area contributed by atoms with Crippen molar-refractivity contribution in [3.8, 4) is 5.88 Å². The molecule has 86 valence electrons. The average molecular weight is 222 g/mol. The zero-order chi connectivity index (χ0) is 11.1. The van der Waals surface area contributed by atoms with E-state index in [2.05, 4.69) is 4.98 Å². The van der Waals surface area contributed by atoms with Crippen molar-refractivity contribution in [2.24, 2.45) is 5.92 Å². The fourth-order valence-electron chi connectivity index (χ4n) is 2.82. The maximum Gasteiger partial charge on any atom is 0.331 e. The Bertz CT molecular complexity index is 517. The first-order valence-corrected chi connectivity index (χ1v) is 5.74. The number of ether oxygens (including phenoxy) is 1. The lowest BCUT2D eigenvalue weighted by molar-refractivity contribution is 0.0924. The first-order chi connectivity index (χ1) is 7.75. The number of rotatable bonds is 0. The SMILES string of the molecule is O=c1cc2n(c(=O)[nH]1)[C@H]1CCCC[C@H]1CO2. The number of nitrogens with zero attached hydrogens (tertiary/aromatic N) is 1. The van der Waals surface area contributed by atoms with Gasteiger partial charge in [0, 0.05) is 12.0 Å². The van der Waals surface area contributed by atoms with Gasteiger partial charge in [-0.05, 0) is 12.8 Å². The highest BCUT2D eigenvalue weighted by Gasteiger charge is 2.33. The summed E-state index contributed by atoms with van der Waals surface area (Å²) in [5, 5.41) is 0. The van der Waals surface area contributed by atoms with E-state index in [-0.39, 0.29) is 17.3 Å². The number of hydrogen-bond acceptors (Lipinski definition) is 3. The standard InChI is InChI=1S/C11H14N2O3/c14-9-5-10-13(11(15)12-9)8-4-2-1-3-7(8)6-16-10/h5,7-8H,1-4,6H2,(H,12,14,15)/t7-,8-/m0/s1. The van der Waals surface area contributed by atoms with Crippen molar-refractivity contribution >= 4 is 0 Å². The third kappa shape index (κ3) is 1.38. The van der Waals surface area contributed by atoms with Gasteiger partial charge < -0.3 is 4.74 Å². The van der Waals surface area contributed by atoms with Gasteiger partial charge >= 0.3 is 5.69 Å². The van der Waals surface area contributed by atoms with E-state index in [1.54, 1.807) is 4.57 Å². The van der Waals surface area contributed by atoms with Crippen molar-refractivity contribution in [2.45, 2.75) is 31.7 Å². The molecule has 0 bridgehead atoms. The molecule has 3 rings (SSSR count). The van der Waals surface area contributed by atoms with Crippen LogP contribution in [0.25, 0.3) is 0 Å². The molecule has 5 nitrogen and oxygen atoms in total. The van der Waals surface area contributed by atoms with Gasteiger partial charge in [0.2, 0.25) is 5.88 Å². The Morgan fingerprint density at radius 2 is 2.12 bits per heavy atom. The van der Waals surface area contributed by atoms with Crippen LogP contribution in [0.4, 0.5) is 0 Å². The minimum Gasteiger partial charge on any atom is -0.478 e. The van der Waals surface area contributed by atoms with Crippen LogP contribution in [0, 0.1) is 5.92 Å². The largest absolute Gasteiger partial charge is 0.478 e. The fraction of sp³-hybridized carbons (Fsp3) is 0.636. The Labute approximate surface area is 92.1 Å². The van der Waals surface area contributed by atoms with Crippen LogP contribution in [-0.4, -0.2) is 16.2 Å². The summed E-state index contributed by atoms with van der Waals surface area (Å²) in [6, 6.07) is 1.58. The normalized spacial score (nSPS) is 27.8. The van der Waals surface area contributed by atoms with Crippen molar-refractivity contribution in [1.29, 1.82) is 0 Å². The van der Waals surface area contributed by atoms with Gasteiger partial charge in [-0.3, -0.25) is 14.3 Å². The predicted octanol–water partition coefficient (Wildman–Crippen LogP) is 0.660. The fourth-order valence-corrected chi connectivity index (χ4v) is 2.82. The predicted molar refractivity (Wildman–Crippen MR) is 57.8 cm³/mol. The summed E-state index contributed by atoms with van der Waals surface area (Å²) < 4.78 is 7.12. The third-order valence-corrected chi connectivity index (χ3v) is 3.59. The zero-order valence-electron chi connectivity index (χ0n) is 8.94. The lowest BCUT2D eigenvalue weighted by Crippen LogP contribution is -2.42. The van der Waals surface area contributed by atoms with E-state index >= 15 is 0 Å². The third-order valence-electron chi connectivity index (χ3n) is 3.59. The van der Waals surface area contributed by atoms with E-state index in [4.69, 9.17) is 4.74 Å². The van der Waals surface area contributed by atoms with E-state index in [0.717, 1.165) is 19.3 Å². The first kappa shape index (κ1) is 9.69. The number of aromatic nitrogens is 2. The molecule has 5 heteroatoms. The van der Waals surface area contributed by atoms with Crippen LogP contribution in [-0.2, 0) is 0 Å². The molecule has 0 radical (unpaired) electrons. The maximum absolute atomic E-state index is 11.8. The van der Waals surface area contributed by atoms with Crippen LogP contribution in [0.1, 0.15) is 31.7 Å². The Hall–Kier alpha value is -1.52. The summed E-state index contributed by atoms with van der Waals surface area (Å²) in [4.78, 5) is 25.2. The van der Waals surface area contributed by atoms with Gasteiger partial charge in [0.15, 0.2) is 0 Å². The second-order valence-corrected chi connectivity index (χ2v) is 4.57. The Balaban J connectivity index is 2.14. The molecule has 1 aromatic rings. The van der Waals surface area contributed by atoms with Crippen LogP contribution in [0.15, 0.2) is 15.7 Å². The molecule has 16 heavy (non-hydrogen) atoms. The van der Waals surface area contributed by atoms with Crippen LogP contribution in [0.5, 0.6) is 5.88 Å². The monoisotopic (exact) mass is 222 g/mol. The van der Waals surface area contributed by atoms with E-state index in [1.165, 1.54) is 12.5 Å². The Morgan fingerprint density at radius 1 is 1.31 bits per heavy atom. The van der Waals surface area contributed by atoms with Crippen LogP contribution >= 0.6 is 0 Å². The lowest BCUT2D eigenvalue weighted by atomic mass is 9.84. The van der Waals surface area contributed by atoms with Gasteiger partial charge in [-0.2, -0.15) is 0 Å². The van der Waals surface area contributed by atoms with Crippen LogP contribution < -0.4 is 16.0 Å². The molecule has 2 heterocycles. The molecule has 1 aliphatic carbocycles. The topological polar surface area (TPSA) is 64.1 Å². The summed E-state index contributed by atoms with van der Waals surface area (Å²) in [5.74, 6) is 0.849. The molecule has 2 atom stereocenters. The molecule has 1 N–H and O–H groups in total. The molecule has 1 aromatic heterocycles. The number of hydrogen-bond donors (Lipinski definition) is 1. The van der Waals surface area contributed by atoms with Crippen molar-refractivity contribution in [2.75, 3.05) is 6.61 Å². The molecule has 2 aliphatic rings. The number of nitrogens with one attached hydrogen (secondary N) is 1. The summed E-state index contributed by atoms with van der Waals surface area (Å²) in [5.41, 5.74) is -0.718. The molecule has 0 spiro atoms. The average Bonchev–Trinajstić information content (AvgIpc) is 2.28. The summed E-state index contributed by atoms with van der Waals surface area (Å²) in [7, 11) is 0. The Morgan fingerprint density at radius 3 is 3.00 bits per heavy atom. The summed E-state index contributed by atoms with van der Waals surface area (Å²) in [6.45, 7) is 0.632. The molecule has 0 aromatic carbocycles. The van der Waals surface area contributed by atoms with Crippen LogP contribution in [0.2, 0.25) is 0 Å². The second kappa shape index (κ2) is 3.50. The highest BCUT2D eigenvalue weighted by Crippen LogP contribution is 2.37. The number of aromatic amines is 1. The molecular formula is C11H14N2O3. The number of H-pyrrole nitrogens is 1. The molecule has 1 saturated carbocycles. The molecule has 0 amide bonds. The van der Waals surface area contributed by atoms with Gasteiger partial charge in [0.05, 0.1) is 12.7 Å². The van der Waals surface area contributed by atoms with Gasteiger partial charge in [-0.1, -0.05) is 12.8 Å². The maximum atomic E-state index is 11.8.